The summed E-state index contributed by atoms with van der Waals surface area (Å²) < 4.78 is 19.3. The van der Waals surface area contributed by atoms with Gasteiger partial charge in [-0.1, -0.05) is 24.3 Å². The van der Waals surface area contributed by atoms with Crippen molar-refractivity contribution in [3.8, 4) is 39.7 Å². The normalized spacial score (nSPS) is 11.6. The van der Waals surface area contributed by atoms with Crippen molar-refractivity contribution in [2.24, 2.45) is 0 Å². The minimum absolute atomic E-state index is 0.271. The first-order valence-electron chi connectivity index (χ1n) is 11.9. The first kappa shape index (κ1) is 22.8. The number of H-pyrrole nitrogens is 2. The molecule has 9 heteroatoms. The van der Waals surface area contributed by atoms with E-state index >= 15 is 0 Å². The first-order valence-corrected chi connectivity index (χ1v) is 11.9. The van der Waals surface area contributed by atoms with E-state index in [4.69, 9.17) is 9.72 Å². The molecule has 0 spiro atoms. The molecule has 37 heavy (non-hydrogen) atoms. The second-order valence-corrected chi connectivity index (χ2v) is 9.04. The Kier molecular flexibility index (Phi) is 5.82. The minimum Gasteiger partial charge on any atom is -0.491 e. The lowest BCUT2D eigenvalue weighted by atomic mass is 10.0. The number of hydrogen-bond donors (Lipinski definition) is 2. The predicted molar refractivity (Wildman–Crippen MR) is 142 cm³/mol. The van der Waals surface area contributed by atoms with Crippen LogP contribution in [0.5, 0.6) is 5.75 Å². The van der Waals surface area contributed by atoms with Crippen molar-refractivity contribution in [3.05, 3.63) is 79.0 Å². The Morgan fingerprint density at radius 1 is 0.946 bits per heavy atom. The van der Waals surface area contributed by atoms with Crippen LogP contribution in [0.3, 0.4) is 0 Å². The van der Waals surface area contributed by atoms with Crippen LogP contribution in [0.2, 0.25) is 0 Å². The SMILES string of the molecule is CN(C)CCOc1cncc(-c2cc3c(-c4nc5c(-c6ccc(F)cc6)cccc5[nH]4)n[nH]c3cn2)c1. The number of ether oxygens (including phenoxy) is 1. The lowest BCUT2D eigenvalue weighted by molar-refractivity contribution is 0.261. The molecule has 4 aromatic heterocycles. The Labute approximate surface area is 212 Å². The fourth-order valence-corrected chi connectivity index (χ4v) is 4.25. The van der Waals surface area contributed by atoms with Crippen molar-refractivity contribution in [1.29, 1.82) is 0 Å². The van der Waals surface area contributed by atoms with Crippen LogP contribution >= 0.6 is 0 Å². The number of pyridine rings is 2. The Morgan fingerprint density at radius 3 is 2.65 bits per heavy atom. The molecule has 0 unspecified atom stereocenters. The summed E-state index contributed by atoms with van der Waals surface area (Å²) in [5, 5.41) is 8.46. The summed E-state index contributed by atoms with van der Waals surface area (Å²) in [5.41, 5.74) is 6.55. The minimum atomic E-state index is -0.271. The number of rotatable bonds is 7. The van der Waals surface area contributed by atoms with Crippen LogP contribution in [0, 0.1) is 5.82 Å². The van der Waals surface area contributed by atoms with Crippen LogP contribution in [0.4, 0.5) is 4.39 Å². The second kappa shape index (κ2) is 9.44. The van der Waals surface area contributed by atoms with Crippen LogP contribution in [-0.2, 0) is 0 Å². The number of imidazole rings is 1. The van der Waals surface area contributed by atoms with Crippen LogP contribution in [-0.4, -0.2) is 62.3 Å². The number of hydrogen-bond acceptors (Lipinski definition) is 6. The van der Waals surface area contributed by atoms with Gasteiger partial charge in [0.1, 0.15) is 23.9 Å². The van der Waals surface area contributed by atoms with E-state index < -0.39 is 0 Å². The lowest BCUT2D eigenvalue weighted by Gasteiger charge is -2.11. The van der Waals surface area contributed by atoms with Crippen LogP contribution in [0.15, 0.2) is 73.2 Å². The van der Waals surface area contributed by atoms with Crippen molar-refractivity contribution in [2.45, 2.75) is 0 Å². The third-order valence-electron chi connectivity index (χ3n) is 6.16. The van der Waals surface area contributed by atoms with Gasteiger partial charge in [-0.05, 0) is 50.0 Å². The average molecular weight is 494 g/mol. The molecule has 0 saturated carbocycles. The molecule has 4 heterocycles. The van der Waals surface area contributed by atoms with E-state index in [1.165, 1.54) is 12.1 Å². The molecule has 6 rings (SSSR count). The fourth-order valence-electron chi connectivity index (χ4n) is 4.25. The highest BCUT2D eigenvalue weighted by atomic mass is 19.1. The van der Waals surface area contributed by atoms with Gasteiger partial charge in [0.15, 0.2) is 5.82 Å². The molecule has 8 nitrogen and oxygen atoms in total. The zero-order chi connectivity index (χ0) is 25.4. The van der Waals surface area contributed by atoms with Crippen LogP contribution in [0.25, 0.3) is 55.8 Å². The highest BCUT2D eigenvalue weighted by Crippen LogP contribution is 2.33. The van der Waals surface area contributed by atoms with Crippen LogP contribution in [0.1, 0.15) is 0 Å². The van der Waals surface area contributed by atoms with Crippen molar-refractivity contribution in [1.82, 2.24) is 35.0 Å². The highest BCUT2D eigenvalue weighted by molar-refractivity contribution is 5.97. The second-order valence-electron chi connectivity index (χ2n) is 9.04. The molecule has 2 aromatic carbocycles. The number of fused-ring (bicyclic) bond motifs is 2. The van der Waals surface area contributed by atoms with E-state index in [9.17, 15) is 4.39 Å². The Hall–Kier alpha value is -4.63. The van der Waals surface area contributed by atoms with Crippen molar-refractivity contribution >= 4 is 21.9 Å². The number of likely N-dealkylation sites (N-methyl/N-ethyl adjacent to an activating group) is 1. The van der Waals surface area contributed by atoms with Gasteiger partial charge in [-0.2, -0.15) is 5.10 Å². The third-order valence-corrected chi connectivity index (χ3v) is 6.16. The molecule has 0 radical (unpaired) electrons. The topological polar surface area (TPSA) is 95.6 Å². The van der Waals surface area contributed by atoms with Crippen molar-refractivity contribution in [2.75, 3.05) is 27.2 Å². The predicted octanol–water partition coefficient (Wildman–Crippen LogP) is 5.31. The summed E-state index contributed by atoms with van der Waals surface area (Å²) >= 11 is 0. The Morgan fingerprint density at radius 2 is 1.81 bits per heavy atom. The van der Waals surface area contributed by atoms with Crippen molar-refractivity contribution in [3.63, 3.8) is 0 Å². The maximum atomic E-state index is 13.5. The zero-order valence-electron chi connectivity index (χ0n) is 20.4. The van der Waals surface area contributed by atoms with Gasteiger partial charge >= 0.3 is 0 Å². The standard InChI is InChI=1S/C28H24FN7O/c1-36(2)10-11-37-20-12-18(14-30-15-20)24-13-22-25(16-31-24)34-35-27(22)28-32-23-5-3-4-21(26(23)33-28)17-6-8-19(29)9-7-17/h3-9,12-16H,10-11H2,1-2H3,(H,32,33)(H,34,35). The monoisotopic (exact) mass is 493 g/mol. The third kappa shape index (κ3) is 4.52. The number of halogens is 1. The van der Waals surface area contributed by atoms with E-state index in [1.807, 2.05) is 44.4 Å². The summed E-state index contributed by atoms with van der Waals surface area (Å²) in [6, 6.07) is 16.2. The molecular formula is C28H24FN7O. The summed E-state index contributed by atoms with van der Waals surface area (Å²) in [6.07, 6.45) is 5.23. The number of para-hydroxylation sites is 1. The van der Waals surface area contributed by atoms with Gasteiger partial charge in [0.2, 0.25) is 0 Å². The summed E-state index contributed by atoms with van der Waals surface area (Å²) in [4.78, 5) is 19.3. The molecule has 6 aromatic rings. The summed E-state index contributed by atoms with van der Waals surface area (Å²) in [5.74, 6) is 1.05. The van der Waals surface area contributed by atoms with E-state index in [1.54, 1.807) is 30.7 Å². The molecule has 0 amide bonds. The highest BCUT2D eigenvalue weighted by Gasteiger charge is 2.16. The maximum Gasteiger partial charge on any atom is 0.159 e. The lowest BCUT2D eigenvalue weighted by Crippen LogP contribution is -2.19. The molecule has 184 valence electrons. The number of aromatic nitrogens is 6. The van der Waals surface area contributed by atoms with Gasteiger partial charge in [0, 0.05) is 29.3 Å². The van der Waals surface area contributed by atoms with E-state index in [0.717, 1.165) is 50.9 Å². The van der Waals surface area contributed by atoms with Crippen molar-refractivity contribution < 1.29 is 9.13 Å². The molecule has 2 N–H and O–H groups in total. The number of nitrogens with zero attached hydrogens (tertiary/aromatic N) is 5. The Balaban J connectivity index is 1.37. The van der Waals surface area contributed by atoms with Gasteiger partial charge in [-0.25, -0.2) is 9.37 Å². The number of nitrogens with one attached hydrogen (secondary N) is 2. The van der Waals surface area contributed by atoms with E-state index in [2.05, 4.69) is 30.0 Å². The summed E-state index contributed by atoms with van der Waals surface area (Å²) in [7, 11) is 4.01. The first-order chi connectivity index (χ1) is 18.0. The molecular weight excluding hydrogens is 469 g/mol. The maximum absolute atomic E-state index is 13.5. The van der Waals surface area contributed by atoms with Gasteiger partial charge < -0.3 is 14.6 Å². The molecule has 0 bridgehead atoms. The van der Waals surface area contributed by atoms with Gasteiger partial charge in [-0.3, -0.25) is 15.1 Å². The summed E-state index contributed by atoms with van der Waals surface area (Å²) in [6.45, 7) is 1.38. The number of benzene rings is 2. The zero-order valence-corrected chi connectivity index (χ0v) is 20.4. The largest absolute Gasteiger partial charge is 0.491 e. The van der Waals surface area contributed by atoms with Gasteiger partial charge in [0.25, 0.3) is 0 Å². The number of aromatic amines is 2. The van der Waals surface area contributed by atoms with Gasteiger partial charge in [0.05, 0.1) is 34.6 Å². The van der Waals surface area contributed by atoms with Gasteiger partial charge in [-0.15, -0.1) is 0 Å². The van der Waals surface area contributed by atoms with Crippen LogP contribution < -0.4 is 4.74 Å². The average Bonchev–Trinajstić information content (AvgIpc) is 3.53. The van der Waals surface area contributed by atoms with E-state index in [0.29, 0.717) is 23.9 Å². The fraction of sp³-hybridized carbons (Fsp3) is 0.143. The molecule has 0 saturated heterocycles. The quantitative estimate of drug-likeness (QED) is 0.313. The molecule has 0 aliphatic heterocycles. The molecule has 0 fully saturated rings. The molecule has 0 aliphatic rings. The smallest absolute Gasteiger partial charge is 0.159 e. The molecule has 0 aliphatic carbocycles. The molecule has 0 atom stereocenters. The Bertz CT molecular complexity index is 1710. The van der Waals surface area contributed by atoms with E-state index in [-0.39, 0.29) is 5.82 Å².